The van der Waals surface area contributed by atoms with Gasteiger partial charge in [0, 0.05) is 17.7 Å². The van der Waals surface area contributed by atoms with Crippen molar-refractivity contribution in [2.75, 3.05) is 0 Å². The Labute approximate surface area is 103 Å². The largest absolute Gasteiger partial charge is 0.369 e. The molecule has 0 bridgehead atoms. The molecule has 1 aliphatic rings. The first-order chi connectivity index (χ1) is 7.85. The Morgan fingerprint density at radius 2 is 2.12 bits per heavy atom. The van der Waals surface area contributed by atoms with E-state index < -0.39 is 0 Å². The Balaban J connectivity index is 2.09. The van der Waals surface area contributed by atoms with Crippen molar-refractivity contribution in [3.8, 4) is 0 Å². The van der Waals surface area contributed by atoms with Crippen LogP contribution >= 0.6 is 0 Å². The number of fused-ring (bicyclic) bond motifs is 1. The van der Waals surface area contributed by atoms with Crippen molar-refractivity contribution in [3.63, 3.8) is 0 Å². The van der Waals surface area contributed by atoms with E-state index in [9.17, 15) is 0 Å². The molecular formula is C13H23N3O. The van der Waals surface area contributed by atoms with Gasteiger partial charge in [0.25, 0.3) is 0 Å². The summed E-state index contributed by atoms with van der Waals surface area (Å²) < 4.78 is 5.77. The summed E-state index contributed by atoms with van der Waals surface area (Å²) in [7, 11) is 0. The molecule has 4 nitrogen and oxygen atoms in total. The zero-order valence-electron chi connectivity index (χ0n) is 11.4. The van der Waals surface area contributed by atoms with Crippen LogP contribution in [0.25, 0.3) is 0 Å². The topological polar surface area (TPSA) is 49.9 Å². The highest BCUT2D eigenvalue weighted by molar-refractivity contribution is 5.20. The van der Waals surface area contributed by atoms with Crippen LogP contribution in [0.2, 0.25) is 0 Å². The molecule has 0 spiro atoms. The Morgan fingerprint density at radius 3 is 2.76 bits per heavy atom. The van der Waals surface area contributed by atoms with Crippen molar-refractivity contribution in [3.05, 3.63) is 17.2 Å². The van der Waals surface area contributed by atoms with E-state index in [-0.39, 0.29) is 17.7 Å². The number of nitrogens with one attached hydrogen (secondary N) is 2. The number of aromatic amines is 1. The maximum absolute atomic E-state index is 5.77. The van der Waals surface area contributed by atoms with Crippen molar-refractivity contribution in [2.45, 2.75) is 65.3 Å². The Morgan fingerprint density at radius 1 is 1.41 bits per heavy atom. The standard InChI is InChI=1S/C13H23N3O/c1-8-6-10-12(9(2)17-8)16-11(15-10)7-14-13(3,4)5/h8-9,14H,6-7H2,1-5H3,(H,15,16). The van der Waals surface area contributed by atoms with Crippen molar-refractivity contribution in [1.29, 1.82) is 0 Å². The van der Waals surface area contributed by atoms with E-state index >= 15 is 0 Å². The van der Waals surface area contributed by atoms with Gasteiger partial charge in [-0.15, -0.1) is 0 Å². The highest BCUT2D eigenvalue weighted by Gasteiger charge is 2.25. The number of hydrogen-bond donors (Lipinski definition) is 2. The summed E-state index contributed by atoms with van der Waals surface area (Å²) in [6, 6.07) is 0. The highest BCUT2D eigenvalue weighted by Crippen LogP contribution is 2.27. The van der Waals surface area contributed by atoms with Gasteiger partial charge in [0.2, 0.25) is 0 Å². The molecule has 2 rings (SSSR count). The molecule has 0 saturated carbocycles. The molecule has 4 heteroatoms. The highest BCUT2D eigenvalue weighted by atomic mass is 16.5. The van der Waals surface area contributed by atoms with E-state index in [2.05, 4.69) is 49.9 Å². The van der Waals surface area contributed by atoms with Gasteiger partial charge in [0.05, 0.1) is 24.4 Å². The van der Waals surface area contributed by atoms with E-state index in [0.717, 1.165) is 24.5 Å². The lowest BCUT2D eigenvalue weighted by Gasteiger charge is -2.23. The molecule has 0 amide bonds. The van der Waals surface area contributed by atoms with Crippen LogP contribution < -0.4 is 5.32 Å². The molecule has 0 fully saturated rings. The summed E-state index contributed by atoms with van der Waals surface area (Å²) in [6.07, 6.45) is 1.32. The van der Waals surface area contributed by atoms with Crippen LogP contribution in [0.15, 0.2) is 0 Å². The zero-order chi connectivity index (χ0) is 12.6. The molecule has 1 aromatic heterocycles. The van der Waals surface area contributed by atoms with Gasteiger partial charge in [0.1, 0.15) is 5.82 Å². The zero-order valence-corrected chi connectivity index (χ0v) is 11.4. The van der Waals surface area contributed by atoms with Crippen LogP contribution in [0.3, 0.4) is 0 Å². The van der Waals surface area contributed by atoms with E-state index in [4.69, 9.17) is 4.74 Å². The van der Waals surface area contributed by atoms with Gasteiger partial charge in [-0.1, -0.05) is 0 Å². The lowest BCUT2D eigenvalue weighted by molar-refractivity contribution is -0.00757. The van der Waals surface area contributed by atoms with E-state index in [1.807, 2.05) is 0 Å². The summed E-state index contributed by atoms with van der Waals surface area (Å²) in [6.45, 7) is 11.4. The quantitative estimate of drug-likeness (QED) is 0.830. The van der Waals surface area contributed by atoms with Gasteiger partial charge in [0.15, 0.2) is 0 Å². The molecule has 17 heavy (non-hydrogen) atoms. The molecule has 0 saturated heterocycles. The Kier molecular flexibility index (Phi) is 3.27. The van der Waals surface area contributed by atoms with E-state index in [0.29, 0.717) is 0 Å². The molecule has 2 atom stereocenters. The third-order valence-electron chi connectivity index (χ3n) is 2.96. The van der Waals surface area contributed by atoms with E-state index in [1.54, 1.807) is 0 Å². The van der Waals surface area contributed by atoms with Crippen molar-refractivity contribution >= 4 is 0 Å². The predicted molar refractivity (Wildman–Crippen MR) is 67.8 cm³/mol. The number of ether oxygens (including phenoxy) is 1. The van der Waals surface area contributed by atoms with Crippen molar-refractivity contribution in [2.24, 2.45) is 0 Å². The summed E-state index contributed by atoms with van der Waals surface area (Å²) in [5, 5.41) is 3.44. The molecule has 2 unspecified atom stereocenters. The lowest BCUT2D eigenvalue weighted by atomic mass is 10.1. The second-order valence-corrected chi connectivity index (χ2v) is 5.94. The number of imidazole rings is 1. The smallest absolute Gasteiger partial charge is 0.120 e. The van der Waals surface area contributed by atoms with Crippen molar-refractivity contribution in [1.82, 2.24) is 15.3 Å². The third kappa shape index (κ3) is 3.07. The molecule has 96 valence electrons. The lowest BCUT2D eigenvalue weighted by Crippen LogP contribution is -2.35. The van der Waals surface area contributed by atoms with Crippen LogP contribution in [-0.2, 0) is 17.7 Å². The van der Waals surface area contributed by atoms with Gasteiger partial charge in [-0.2, -0.15) is 0 Å². The van der Waals surface area contributed by atoms with Gasteiger partial charge >= 0.3 is 0 Å². The van der Waals surface area contributed by atoms with Crippen LogP contribution in [-0.4, -0.2) is 21.6 Å². The SMILES string of the molecule is CC1Cc2[nH]c(CNC(C)(C)C)nc2C(C)O1. The van der Waals surface area contributed by atoms with Gasteiger partial charge in [-0.05, 0) is 34.6 Å². The Hall–Kier alpha value is -0.870. The number of nitrogens with zero attached hydrogens (tertiary/aromatic N) is 1. The second-order valence-electron chi connectivity index (χ2n) is 5.94. The van der Waals surface area contributed by atoms with Crippen molar-refractivity contribution < 1.29 is 4.74 Å². The predicted octanol–water partition coefficient (Wildman–Crippen LogP) is 2.32. The monoisotopic (exact) mass is 237 g/mol. The molecule has 0 aliphatic carbocycles. The maximum Gasteiger partial charge on any atom is 0.120 e. The first kappa shape index (κ1) is 12.6. The number of rotatable bonds is 2. The van der Waals surface area contributed by atoms with Crippen LogP contribution in [0, 0.1) is 0 Å². The summed E-state index contributed by atoms with van der Waals surface area (Å²) in [5.74, 6) is 1.01. The normalized spacial score (nSPS) is 24.8. The molecule has 0 aromatic carbocycles. The molecule has 1 aromatic rings. The first-order valence-electron chi connectivity index (χ1n) is 6.33. The third-order valence-corrected chi connectivity index (χ3v) is 2.96. The molecular weight excluding hydrogens is 214 g/mol. The number of H-pyrrole nitrogens is 1. The summed E-state index contributed by atoms with van der Waals surface area (Å²) >= 11 is 0. The molecule has 2 N–H and O–H groups in total. The molecule has 0 radical (unpaired) electrons. The number of hydrogen-bond acceptors (Lipinski definition) is 3. The minimum absolute atomic E-state index is 0.105. The van der Waals surface area contributed by atoms with E-state index in [1.165, 1.54) is 5.69 Å². The number of aromatic nitrogens is 2. The molecule has 1 aliphatic heterocycles. The average molecular weight is 237 g/mol. The minimum atomic E-state index is 0.105. The minimum Gasteiger partial charge on any atom is -0.369 e. The van der Waals surface area contributed by atoms with Crippen LogP contribution in [0.4, 0.5) is 0 Å². The van der Waals surface area contributed by atoms with Gasteiger partial charge < -0.3 is 15.0 Å². The summed E-state index contributed by atoms with van der Waals surface area (Å²) in [4.78, 5) is 8.04. The first-order valence-corrected chi connectivity index (χ1v) is 6.33. The summed E-state index contributed by atoms with van der Waals surface area (Å²) in [5.41, 5.74) is 2.43. The molecule has 2 heterocycles. The second kappa shape index (κ2) is 4.42. The van der Waals surface area contributed by atoms with Gasteiger partial charge in [-0.25, -0.2) is 4.98 Å². The fourth-order valence-corrected chi connectivity index (χ4v) is 2.15. The van der Waals surface area contributed by atoms with Crippen LogP contribution in [0.5, 0.6) is 0 Å². The maximum atomic E-state index is 5.77. The fourth-order valence-electron chi connectivity index (χ4n) is 2.15. The average Bonchev–Trinajstić information content (AvgIpc) is 2.56. The Bertz CT molecular complexity index is 392. The van der Waals surface area contributed by atoms with Gasteiger partial charge in [-0.3, -0.25) is 0 Å². The van der Waals surface area contributed by atoms with Crippen LogP contribution in [0.1, 0.15) is 57.9 Å². The fraction of sp³-hybridized carbons (Fsp3) is 0.769.